The number of nitrogens with zero attached hydrogens (tertiary/aromatic N) is 2. The fraction of sp³-hybridized carbons (Fsp3) is 0.462. The summed E-state index contributed by atoms with van der Waals surface area (Å²) in [5.74, 6) is -1.72. The van der Waals surface area contributed by atoms with Crippen LogP contribution in [0.2, 0.25) is 0 Å². The Labute approximate surface area is 126 Å². The quantitative estimate of drug-likeness (QED) is 0.813. The first-order chi connectivity index (χ1) is 10.4. The summed E-state index contributed by atoms with van der Waals surface area (Å²) in [5, 5.41) is 23.7. The molecular weight excluding hydrogens is 330 g/mol. The van der Waals surface area contributed by atoms with Crippen LogP contribution in [0.5, 0.6) is 0 Å². The fourth-order valence-electron chi connectivity index (χ4n) is 2.27. The predicted molar refractivity (Wildman–Crippen MR) is 68.6 cm³/mol. The van der Waals surface area contributed by atoms with Crippen LogP contribution in [0.3, 0.4) is 0 Å². The lowest BCUT2D eigenvalue weighted by Crippen LogP contribution is -2.46. The van der Waals surface area contributed by atoms with Gasteiger partial charge < -0.3 is 10.2 Å². The van der Waals surface area contributed by atoms with Crippen molar-refractivity contribution in [3.8, 4) is 0 Å². The lowest BCUT2D eigenvalue weighted by Gasteiger charge is -2.27. The summed E-state index contributed by atoms with van der Waals surface area (Å²) >= 11 is 0. The van der Waals surface area contributed by atoms with Gasteiger partial charge in [-0.1, -0.05) is 0 Å². The molecule has 128 valence electrons. The number of aliphatic hydroxyl groups excluding tert-OH is 2. The number of anilines is 1. The molecule has 0 saturated carbocycles. The van der Waals surface area contributed by atoms with Gasteiger partial charge in [0.25, 0.3) is 0 Å². The topological polar surface area (TPSA) is 56.1 Å². The number of hydrazone groups is 1. The molecule has 3 atom stereocenters. The van der Waals surface area contributed by atoms with Crippen LogP contribution in [0.15, 0.2) is 29.4 Å². The molecule has 23 heavy (non-hydrogen) atoms. The van der Waals surface area contributed by atoms with Crippen molar-refractivity contribution in [3.05, 3.63) is 29.8 Å². The summed E-state index contributed by atoms with van der Waals surface area (Å²) < 4.78 is 75.3. The number of hydrogen-bond donors (Lipinski definition) is 2. The molecule has 1 aromatic rings. The highest BCUT2D eigenvalue weighted by Gasteiger charge is 2.51. The second-order valence-electron chi connectivity index (χ2n) is 5.06. The van der Waals surface area contributed by atoms with Crippen LogP contribution in [0, 0.1) is 5.92 Å². The van der Waals surface area contributed by atoms with E-state index in [-0.39, 0.29) is 11.4 Å². The van der Waals surface area contributed by atoms with Gasteiger partial charge in [-0.2, -0.15) is 31.4 Å². The van der Waals surface area contributed by atoms with E-state index < -0.39 is 36.2 Å². The van der Waals surface area contributed by atoms with E-state index in [9.17, 15) is 36.6 Å². The van der Waals surface area contributed by atoms with E-state index in [4.69, 9.17) is 0 Å². The highest BCUT2D eigenvalue weighted by molar-refractivity contribution is 5.89. The van der Waals surface area contributed by atoms with E-state index in [0.29, 0.717) is 0 Å². The zero-order chi connectivity index (χ0) is 17.6. The van der Waals surface area contributed by atoms with Crippen molar-refractivity contribution in [1.29, 1.82) is 0 Å². The number of benzene rings is 1. The Balaban J connectivity index is 2.26. The summed E-state index contributed by atoms with van der Waals surface area (Å²) in [4.78, 5) is 0. The van der Waals surface area contributed by atoms with E-state index in [1.54, 1.807) is 0 Å². The molecule has 0 fully saturated rings. The zero-order valence-corrected chi connectivity index (χ0v) is 11.6. The Bertz CT molecular complexity index is 596. The molecule has 0 amide bonds. The van der Waals surface area contributed by atoms with Crippen molar-refractivity contribution in [2.24, 2.45) is 11.0 Å². The van der Waals surface area contributed by atoms with Gasteiger partial charge in [0, 0.05) is 5.71 Å². The second-order valence-corrected chi connectivity index (χ2v) is 5.06. The predicted octanol–water partition coefficient (Wildman–Crippen LogP) is 2.76. The number of rotatable bonds is 2. The van der Waals surface area contributed by atoms with Crippen molar-refractivity contribution < 1.29 is 36.6 Å². The van der Waals surface area contributed by atoms with Crippen LogP contribution >= 0.6 is 0 Å². The third-order valence-electron chi connectivity index (χ3n) is 3.45. The Kier molecular flexibility index (Phi) is 4.33. The molecule has 10 heteroatoms. The van der Waals surface area contributed by atoms with Crippen molar-refractivity contribution in [2.75, 3.05) is 5.01 Å². The van der Waals surface area contributed by atoms with Gasteiger partial charge in [-0.25, -0.2) is 5.01 Å². The normalized spacial score (nSPS) is 23.9. The van der Waals surface area contributed by atoms with Gasteiger partial charge in [-0.15, -0.1) is 0 Å². The second kappa shape index (κ2) is 5.68. The van der Waals surface area contributed by atoms with E-state index in [2.05, 4.69) is 5.10 Å². The van der Waals surface area contributed by atoms with Crippen LogP contribution in [-0.4, -0.2) is 34.4 Å². The third-order valence-corrected chi connectivity index (χ3v) is 3.45. The first kappa shape index (κ1) is 17.5. The van der Waals surface area contributed by atoms with E-state index >= 15 is 0 Å². The van der Waals surface area contributed by atoms with E-state index in [1.807, 2.05) is 0 Å². The van der Waals surface area contributed by atoms with Gasteiger partial charge in [-0.05, 0) is 31.2 Å². The SMILES string of the molecule is CC1=NN(c2ccc(C(F)(F)F)cc2)C(O)C1C(O)C(F)(F)F. The summed E-state index contributed by atoms with van der Waals surface area (Å²) in [6.07, 6.45) is -14.2. The first-order valence-corrected chi connectivity index (χ1v) is 6.37. The standard InChI is InChI=1S/C13H12F6N2O2/c1-6-9(10(22)13(17,18)19)11(23)21(20-6)8-4-2-7(3-5-8)12(14,15)16/h2-5,9-11,22-23H,1H3. The summed E-state index contributed by atoms with van der Waals surface area (Å²) in [5.41, 5.74) is -1.15. The Morgan fingerprint density at radius 2 is 1.61 bits per heavy atom. The molecule has 1 aliphatic rings. The average molecular weight is 342 g/mol. The van der Waals surface area contributed by atoms with Gasteiger partial charge in [0.2, 0.25) is 0 Å². The van der Waals surface area contributed by atoms with Crippen molar-refractivity contribution in [1.82, 2.24) is 0 Å². The maximum atomic E-state index is 12.6. The number of alkyl halides is 6. The zero-order valence-electron chi connectivity index (χ0n) is 11.6. The van der Waals surface area contributed by atoms with Gasteiger partial charge in [0.1, 0.15) is 0 Å². The van der Waals surface area contributed by atoms with Crippen LogP contribution in [0.4, 0.5) is 32.0 Å². The Hall–Kier alpha value is -1.81. The molecule has 0 aliphatic carbocycles. The maximum Gasteiger partial charge on any atom is 0.416 e. The minimum absolute atomic E-state index is 0.0262. The maximum absolute atomic E-state index is 12.6. The molecule has 1 aromatic carbocycles. The van der Waals surface area contributed by atoms with Crippen LogP contribution in [0.1, 0.15) is 12.5 Å². The molecule has 0 bridgehead atoms. The summed E-state index contributed by atoms with van der Waals surface area (Å²) in [6.45, 7) is 1.19. The lowest BCUT2D eigenvalue weighted by atomic mass is 9.96. The van der Waals surface area contributed by atoms with Crippen molar-refractivity contribution in [3.63, 3.8) is 0 Å². The first-order valence-electron chi connectivity index (χ1n) is 6.37. The fourth-order valence-corrected chi connectivity index (χ4v) is 2.27. The van der Waals surface area contributed by atoms with Crippen molar-refractivity contribution in [2.45, 2.75) is 31.6 Å². The minimum Gasteiger partial charge on any atom is -0.383 e. The molecule has 4 nitrogen and oxygen atoms in total. The molecule has 0 aromatic heterocycles. The molecule has 0 saturated heterocycles. The van der Waals surface area contributed by atoms with Crippen LogP contribution in [-0.2, 0) is 6.18 Å². The van der Waals surface area contributed by atoms with Gasteiger partial charge in [0.15, 0.2) is 12.3 Å². The van der Waals surface area contributed by atoms with E-state index in [1.165, 1.54) is 6.92 Å². The molecule has 1 aliphatic heterocycles. The number of hydrogen-bond acceptors (Lipinski definition) is 4. The summed E-state index contributed by atoms with van der Waals surface area (Å²) in [7, 11) is 0. The Morgan fingerprint density at radius 1 is 1.09 bits per heavy atom. The van der Waals surface area contributed by atoms with Crippen LogP contribution < -0.4 is 5.01 Å². The van der Waals surface area contributed by atoms with E-state index in [0.717, 1.165) is 29.3 Å². The molecular formula is C13H12F6N2O2. The van der Waals surface area contributed by atoms with Crippen LogP contribution in [0.25, 0.3) is 0 Å². The molecule has 3 unspecified atom stereocenters. The van der Waals surface area contributed by atoms with Gasteiger partial charge in [0.05, 0.1) is 17.2 Å². The van der Waals surface area contributed by atoms with Gasteiger partial charge in [-0.3, -0.25) is 0 Å². The molecule has 0 radical (unpaired) electrons. The largest absolute Gasteiger partial charge is 0.416 e. The molecule has 0 spiro atoms. The average Bonchev–Trinajstić information content (AvgIpc) is 2.71. The minimum atomic E-state index is -4.96. The molecule has 2 rings (SSSR count). The third kappa shape index (κ3) is 3.42. The highest BCUT2D eigenvalue weighted by atomic mass is 19.4. The number of aliphatic hydroxyl groups is 2. The Morgan fingerprint density at radius 3 is 2.04 bits per heavy atom. The summed E-state index contributed by atoms with van der Waals surface area (Å²) in [6, 6.07) is 3.40. The number of halogens is 6. The van der Waals surface area contributed by atoms with Gasteiger partial charge >= 0.3 is 12.4 Å². The molecule has 2 N–H and O–H groups in total. The smallest absolute Gasteiger partial charge is 0.383 e. The lowest BCUT2D eigenvalue weighted by molar-refractivity contribution is -0.219. The van der Waals surface area contributed by atoms with Crippen molar-refractivity contribution >= 4 is 11.4 Å². The monoisotopic (exact) mass is 342 g/mol. The highest BCUT2D eigenvalue weighted by Crippen LogP contribution is 2.36. The molecule has 1 heterocycles.